The maximum atomic E-state index is 2.52. The summed E-state index contributed by atoms with van der Waals surface area (Å²) in [5.41, 5.74) is 36.4. The van der Waals surface area contributed by atoms with Gasteiger partial charge in [0.2, 0.25) is 0 Å². The molecule has 0 aliphatic heterocycles. The van der Waals surface area contributed by atoms with E-state index < -0.39 is 5.41 Å². The van der Waals surface area contributed by atoms with Crippen molar-refractivity contribution in [2.24, 2.45) is 0 Å². The van der Waals surface area contributed by atoms with E-state index in [1.165, 1.54) is 99.6 Å². The monoisotopic (exact) mass is 1540 g/mol. The topological polar surface area (TPSA) is 13.0 Å². The van der Waals surface area contributed by atoms with E-state index in [0.29, 0.717) is 0 Å². The third-order valence-electron chi connectivity index (χ3n) is 24.7. The van der Waals surface area contributed by atoms with Crippen LogP contribution < -0.4 is 19.6 Å². The Morgan fingerprint density at radius 1 is 0.132 bits per heavy atom. The second kappa shape index (κ2) is 30.6. The lowest BCUT2D eigenvalue weighted by molar-refractivity contribution is 0.793. The Labute approximate surface area is 706 Å². The molecule has 4 heteroatoms. The van der Waals surface area contributed by atoms with Crippen molar-refractivity contribution in [2.75, 3.05) is 19.6 Å². The lowest BCUT2D eigenvalue weighted by Crippen LogP contribution is -2.26. The number of para-hydroxylation sites is 2. The first-order valence-electron chi connectivity index (χ1n) is 41.7. The van der Waals surface area contributed by atoms with Crippen LogP contribution in [0.5, 0.6) is 0 Å². The maximum Gasteiger partial charge on any atom is 0.0727 e. The van der Waals surface area contributed by atoms with Gasteiger partial charge in [0.05, 0.1) is 16.8 Å². The first-order valence-corrected chi connectivity index (χ1v) is 41.7. The molecule has 0 saturated carbocycles. The third kappa shape index (κ3) is 12.8. The molecule has 2 aliphatic carbocycles. The standard InChI is InChI=1S/C117H80N4/c1-6-26-81(27-7-1)84-48-60-95(61-49-84)118(96-62-50-85(51-63-96)82-28-8-2-9-29-82)98-66-54-87(55-67-98)88-56-68-99(69-57-88)119(97-64-52-86(53-65-97)83-30-10-3-11-31-83)100-70-58-89(59-71-100)91-34-24-35-92(78-91)103-76-77-116(110-44-19-18-41-105(103)110)121(94-38-14-5-15-39-94)102-73-75-109-108-74-72-101(120(93-36-12-4-13-37-93)115-47-25-33-90-32-16-17-40-104(90)115)79-113(108)117(114(109)80-102)111-45-22-20-42-106(111)107-43-21-23-46-112(107)117/h1-80H. The largest absolute Gasteiger partial charge is 0.311 e. The second-order valence-electron chi connectivity index (χ2n) is 31.4. The predicted molar refractivity (Wildman–Crippen MR) is 509 cm³/mol. The summed E-state index contributed by atoms with van der Waals surface area (Å²) in [5.74, 6) is 0. The summed E-state index contributed by atoms with van der Waals surface area (Å²) in [6.45, 7) is 0. The van der Waals surface area contributed by atoms with Gasteiger partial charge in [0, 0.05) is 67.6 Å². The van der Waals surface area contributed by atoms with Gasteiger partial charge >= 0.3 is 0 Å². The van der Waals surface area contributed by atoms with Gasteiger partial charge in [-0.1, -0.05) is 346 Å². The van der Waals surface area contributed by atoms with Crippen LogP contribution in [0.25, 0.3) is 111 Å². The molecule has 20 aromatic carbocycles. The van der Waals surface area contributed by atoms with Crippen LogP contribution in [0.2, 0.25) is 0 Å². The fourth-order valence-electron chi connectivity index (χ4n) is 19.0. The highest BCUT2D eigenvalue weighted by Crippen LogP contribution is 2.65. The van der Waals surface area contributed by atoms with E-state index in [1.54, 1.807) is 0 Å². The van der Waals surface area contributed by atoms with Crippen molar-refractivity contribution in [2.45, 2.75) is 5.41 Å². The van der Waals surface area contributed by atoms with Crippen LogP contribution in [0.3, 0.4) is 0 Å². The van der Waals surface area contributed by atoms with E-state index in [1.807, 2.05) is 0 Å². The van der Waals surface area contributed by atoms with Crippen LogP contribution in [0.1, 0.15) is 22.3 Å². The van der Waals surface area contributed by atoms with E-state index in [0.717, 1.165) is 101 Å². The van der Waals surface area contributed by atoms with Crippen LogP contribution in [0.4, 0.5) is 68.2 Å². The van der Waals surface area contributed by atoms with Gasteiger partial charge in [-0.05, 0) is 262 Å². The van der Waals surface area contributed by atoms with Crippen molar-refractivity contribution in [3.8, 4) is 89.0 Å². The number of hydrogen-bond acceptors (Lipinski definition) is 4. The Kier molecular flexibility index (Phi) is 18.1. The lowest BCUT2D eigenvalue weighted by atomic mass is 9.70. The van der Waals surface area contributed by atoms with Crippen LogP contribution in [0.15, 0.2) is 485 Å². The first-order chi connectivity index (χ1) is 60.0. The van der Waals surface area contributed by atoms with Gasteiger partial charge in [-0.15, -0.1) is 0 Å². The van der Waals surface area contributed by atoms with Gasteiger partial charge in [-0.2, -0.15) is 0 Å². The van der Waals surface area contributed by atoms with E-state index in [9.17, 15) is 0 Å². The molecule has 22 rings (SSSR count). The molecule has 0 bridgehead atoms. The number of nitrogens with zero attached hydrogens (tertiary/aromatic N) is 4. The first kappa shape index (κ1) is 71.6. The Balaban J connectivity index is 0.593. The van der Waals surface area contributed by atoms with Crippen LogP contribution >= 0.6 is 0 Å². The maximum absolute atomic E-state index is 2.52. The van der Waals surface area contributed by atoms with E-state index in [4.69, 9.17) is 0 Å². The van der Waals surface area contributed by atoms with Crippen molar-refractivity contribution in [1.82, 2.24) is 0 Å². The number of rotatable bonds is 18. The third-order valence-corrected chi connectivity index (χ3v) is 24.7. The highest BCUT2D eigenvalue weighted by Gasteiger charge is 2.52. The summed E-state index contributed by atoms with van der Waals surface area (Å²) in [4.78, 5) is 9.65. The van der Waals surface area contributed by atoms with Crippen LogP contribution in [-0.4, -0.2) is 0 Å². The SMILES string of the molecule is c1ccc(-c2ccc(N(c3ccc(-c4ccccc4)cc3)c3ccc(-c4ccc(N(c5ccc(-c6ccccc6)cc5)c5ccc(-c6cccc(-c7ccc(N(c8ccccc8)c8ccc9c(c8)C8(c%10ccccc%10-c%10ccccc%108)c8cc(N(c%10ccccc%10)c%10cccc%11ccccc%10%11)ccc8-9)c8ccccc78)c6)cc5)cc4)cc3)cc2)cc1. The molecular formula is C117H80N4. The summed E-state index contributed by atoms with van der Waals surface area (Å²) in [5, 5.41) is 4.72. The number of hydrogen-bond donors (Lipinski definition) is 0. The van der Waals surface area contributed by atoms with Crippen molar-refractivity contribution in [3.63, 3.8) is 0 Å². The van der Waals surface area contributed by atoms with E-state index >= 15 is 0 Å². The molecule has 0 aromatic heterocycles. The zero-order valence-corrected chi connectivity index (χ0v) is 66.5. The zero-order chi connectivity index (χ0) is 80.2. The molecule has 0 saturated heterocycles. The molecule has 20 aromatic rings. The molecule has 121 heavy (non-hydrogen) atoms. The normalized spacial score (nSPS) is 12.0. The van der Waals surface area contributed by atoms with Crippen molar-refractivity contribution in [3.05, 3.63) is 508 Å². The van der Waals surface area contributed by atoms with Crippen molar-refractivity contribution < 1.29 is 0 Å². The molecule has 0 radical (unpaired) electrons. The number of anilines is 12. The van der Waals surface area contributed by atoms with Gasteiger partial charge in [-0.25, -0.2) is 0 Å². The van der Waals surface area contributed by atoms with Gasteiger partial charge < -0.3 is 19.6 Å². The van der Waals surface area contributed by atoms with Crippen molar-refractivity contribution in [1.29, 1.82) is 0 Å². The molecule has 4 nitrogen and oxygen atoms in total. The highest BCUT2D eigenvalue weighted by molar-refractivity contribution is 6.08. The molecule has 1 spiro atoms. The Bertz CT molecular complexity index is 7070. The number of benzene rings is 20. The summed E-state index contributed by atoms with van der Waals surface area (Å²) in [6, 6.07) is 178. The fraction of sp³-hybridized carbons (Fsp3) is 0.00855. The quantitative estimate of drug-likeness (QED) is 0.0849. The van der Waals surface area contributed by atoms with Gasteiger partial charge in [-0.3, -0.25) is 0 Å². The Hall–Kier alpha value is -15.9. The molecule has 0 fully saturated rings. The van der Waals surface area contributed by atoms with E-state index in [2.05, 4.69) is 505 Å². The summed E-state index contributed by atoms with van der Waals surface area (Å²) < 4.78 is 0. The zero-order valence-electron chi connectivity index (χ0n) is 66.5. The van der Waals surface area contributed by atoms with Crippen molar-refractivity contribution >= 4 is 89.8 Å². The minimum absolute atomic E-state index is 0.649. The predicted octanol–water partition coefficient (Wildman–Crippen LogP) is 32.2. The lowest BCUT2D eigenvalue weighted by Gasteiger charge is -2.33. The van der Waals surface area contributed by atoms with Gasteiger partial charge in [0.15, 0.2) is 0 Å². The Morgan fingerprint density at radius 2 is 0.405 bits per heavy atom. The van der Waals surface area contributed by atoms with Gasteiger partial charge in [0.25, 0.3) is 0 Å². The molecule has 0 atom stereocenters. The minimum Gasteiger partial charge on any atom is -0.311 e. The molecule has 0 N–H and O–H groups in total. The molecule has 2 aliphatic rings. The minimum atomic E-state index is -0.649. The Morgan fingerprint density at radius 3 is 0.826 bits per heavy atom. The summed E-state index contributed by atoms with van der Waals surface area (Å²) in [7, 11) is 0. The number of fused-ring (bicyclic) bond motifs is 12. The van der Waals surface area contributed by atoms with Gasteiger partial charge in [0.1, 0.15) is 0 Å². The highest BCUT2D eigenvalue weighted by atomic mass is 15.2. The molecule has 0 heterocycles. The fourth-order valence-corrected chi connectivity index (χ4v) is 19.0. The average Bonchev–Trinajstić information content (AvgIpc) is 1.51. The molecule has 0 unspecified atom stereocenters. The van der Waals surface area contributed by atoms with E-state index in [-0.39, 0.29) is 0 Å². The average molecular weight is 1540 g/mol. The van der Waals surface area contributed by atoms with Crippen LogP contribution in [0, 0.1) is 0 Å². The summed E-state index contributed by atoms with van der Waals surface area (Å²) >= 11 is 0. The molecular weight excluding hydrogens is 1460 g/mol. The molecule has 568 valence electrons. The van der Waals surface area contributed by atoms with Crippen LogP contribution in [-0.2, 0) is 5.41 Å². The summed E-state index contributed by atoms with van der Waals surface area (Å²) in [6.07, 6.45) is 0. The molecule has 0 amide bonds. The second-order valence-corrected chi connectivity index (χ2v) is 31.4. The smallest absolute Gasteiger partial charge is 0.0727 e.